The lowest BCUT2D eigenvalue weighted by molar-refractivity contribution is 0.466. The molecule has 2 aromatic rings. The van der Waals surface area contributed by atoms with Gasteiger partial charge in [-0.3, -0.25) is 0 Å². The molecule has 1 heterocycles. The lowest BCUT2D eigenvalue weighted by atomic mass is 10.4. The van der Waals surface area contributed by atoms with Gasteiger partial charge in [0, 0.05) is 25.7 Å². The zero-order valence-electron chi connectivity index (χ0n) is 9.95. The molecule has 0 saturated carbocycles. The first-order chi connectivity index (χ1) is 8.33. The SMILES string of the molecule is COP(c1ccccc1)N(C)c1ccccn1. The van der Waals surface area contributed by atoms with Gasteiger partial charge in [0.25, 0.3) is 0 Å². The van der Waals surface area contributed by atoms with Crippen LogP contribution in [0.3, 0.4) is 0 Å². The Morgan fingerprint density at radius 3 is 2.35 bits per heavy atom. The first-order valence-corrected chi connectivity index (χ1v) is 6.58. The van der Waals surface area contributed by atoms with Gasteiger partial charge in [0.15, 0.2) is 8.30 Å². The molecule has 0 radical (unpaired) electrons. The van der Waals surface area contributed by atoms with Crippen molar-refractivity contribution >= 4 is 19.4 Å². The lowest BCUT2D eigenvalue weighted by Crippen LogP contribution is -2.19. The van der Waals surface area contributed by atoms with Gasteiger partial charge in [-0.05, 0) is 12.1 Å². The molecule has 0 spiro atoms. The van der Waals surface area contributed by atoms with Gasteiger partial charge >= 0.3 is 0 Å². The number of nitrogens with zero attached hydrogens (tertiary/aromatic N) is 2. The maximum Gasteiger partial charge on any atom is 0.167 e. The summed E-state index contributed by atoms with van der Waals surface area (Å²) >= 11 is 0. The Hall–Kier alpha value is -1.44. The van der Waals surface area contributed by atoms with Crippen LogP contribution in [0.4, 0.5) is 5.82 Å². The van der Waals surface area contributed by atoms with Gasteiger partial charge in [-0.1, -0.05) is 36.4 Å². The summed E-state index contributed by atoms with van der Waals surface area (Å²) in [5.74, 6) is 0.921. The second kappa shape index (κ2) is 5.76. The quantitative estimate of drug-likeness (QED) is 0.776. The minimum Gasteiger partial charge on any atom is -0.339 e. The Bertz CT molecular complexity index is 449. The zero-order chi connectivity index (χ0) is 12.1. The molecule has 0 N–H and O–H groups in total. The molecule has 0 fully saturated rings. The van der Waals surface area contributed by atoms with Crippen LogP contribution in [0.25, 0.3) is 0 Å². The van der Waals surface area contributed by atoms with Crippen LogP contribution >= 0.6 is 8.30 Å². The number of pyridine rings is 1. The Morgan fingerprint density at radius 2 is 1.76 bits per heavy atom. The van der Waals surface area contributed by atoms with Gasteiger partial charge in [0.1, 0.15) is 5.82 Å². The Balaban J connectivity index is 2.25. The smallest absolute Gasteiger partial charge is 0.167 e. The summed E-state index contributed by atoms with van der Waals surface area (Å²) in [7, 11) is 2.92. The van der Waals surface area contributed by atoms with Gasteiger partial charge in [-0.2, -0.15) is 0 Å². The average molecular weight is 246 g/mol. The molecule has 0 amide bonds. The fraction of sp³-hybridized carbons (Fsp3) is 0.154. The maximum atomic E-state index is 5.60. The third-order valence-electron chi connectivity index (χ3n) is 2.40. The number of hydrogen-bond donors (Lipinski definition) is 0. The van der Waals surface area contributed by atoms with E-state index in [-0.39, 0.29) is 0 Å². The minimum atomic E-state index is -0.820. The first-order valence-electron chi connectivity index (χ1n) is 5.37. The number of aromatic nitrogens is 1. The highest BCUT2D eigenvalue weighted by Crippen LogP contribution is 2.40. The molecular formula is C13H15N2OP. The van der Waals surface area contributed by atoms with Crippen LogP contribution in [0.15, 0.2) is 54.7 Å². The van der Waals surface area contributed by atoms with Crippen LogP contribution in [0, 0.1) is 0 Å². The van der Waals surface area contributed by atoms with Crippen molar-refractivity contribution in [3.05, 3.63) is 54.7 Å². The summed E-state index contributed by atoms with van der Waals surface area (Å²) in [6.07, 6.45) is 1.79. The Morgan fingerprint density at radius 1 is 1.06 bits per heavy atom. The van der Waals surface area contributed by atoms with E-state index in [1.165, 1.54) is 5.30 Å². The minimum absolute atomic E-state index is 0.820. The average Bonchev–Trinajstić information content (AvgIpc) is 2.42. The van der Waals surface area contributed by atoms with E-state index in [1.54, 1.807) is 13.3 Å². The van der Waals surface area contributed by atoms with Crippen LogP contribution in [0.2, 0.25) is 0 Å². The topological polar surface area (TPSA) is 25.4 Å². The van der Waals surface area contributed by atoms with E-state index in [0.717, 1.165) is 5.82 Å². The largest absolute Gasteiger partial charge is 0.339 e. The highest BCUT2D eigenvalue weighted by molar-refractivity contribution is 7.62. The molecule has 1 aromatic heterocycles. The van der Waals surface area contributed by atoms with E-state index in [1.807, 2.05) is 43.4 Å². The predicted molar refractivity (Wildman–Crippen MR) is 72.6 cm³/mol. The molecule has 0 bridgehead atoms. The first kappa shape index (κ1) is 12.0. The normalized spacial score (nSPS) is 12.1. The van der Waals surface area contributed by atoms with Crippen molar-refractivity contribution in [1.82, 2.24) is 4.98 Å². The van der Waals surface area contributed by atoms with Crippen LogP contribution in [-0.2, 0) is 4.52 Å². The highest BCUT2D eigenvalue weighted by Gasteiger charge is 2.17. The molecular weight excluding hydrogens is 231 g/mol. The molecule has 2 rings (SSSR count). The summed E-state index contributed by atoms with van der Waals surface area (Å²) < 4.78 is 7.68. The van der Waals surface area contributed by atoms with Gasteiger partial charge in [-0.25, -0.2) is 4.98 Å². The molecule has 1 atom stereocenters. The number of rotatable bonds is 4. The standard InChI is InChI=1S/C13H15N2OP/c1-15(13-10-6-7-11-14-13)17(16-2)12-8-4-3-5-9-12/h3-11H,1-2H3. The molecule has 0 saturated heterocycles. The van der Waals surface area contributed by atoms with Gasteiger partial charge < -0.3 is 9.19 Å². The molecule has 0 aliphatic carbocycles. The molecule has 1 aromatic carbocycles. The van der Waals surface area contributed by atoms with Crippen LogP contribution in [-0.4, -0.2) is 19.1 Å². The monoisotopic (exact) mass is 246 g/mol. The van der Waals surface area contributed by atoms with Crippen molar-refractivity contribution in [3.8, 4) is 0 Å². The molecule has 4 heteroatoms. The van der Waals surface area contributed by atoms with Gasteiger partial charge in [0.05, 0.1) is 0 Å². The van der Waals surface area contributed by atoms with E-state index in [2.05, 4.69) is 21.8 Å². The third kappa shape index (κ3) is 2.82. The molecule has 1 unspecified atom stereocenters. The summed E-state index contributed by atoms with van der Waals surface area (Å²) in [5, 5.41) is 1.18. The molecule has 0 aliphatic rings. The summed E-state index contributed by atoms with van der Waals surface area (Å²) in [6.45, 7) is 0. The second-order valence-corrected chi connectivity index (χ2v) is 5.53. The van der Waals surface area contributed by atoms with Crippen molar-refractivity contribution in [3.63, 3.8) is 0 Å². The lowest BCUT2D eigenvalue weighted by Gasteiger charge is -2.26. The van der Waals surface area contributed by atoms with Crippen molar-refractivity contribution in [2.75, 3.05) is 18.8 Å². The van der Waals surface area contributed by atoms with Crippen LogP contribution in [0.1, 0.15) is 0 Å². The van der Waals surface area contributed by atoms with E-state index < -0.39 is 8.30 Å². The summed E-state index contributed by atoms with van der Waals surface area (Å²) in [5.41, 5.74) is 0. The maximum absolute atomic E-state index is 5.60. The van der Waals surface area contributed by atoms with Crippen molar-refractivity contribution in [2.45, 2.75) is 0 Å². The molecule has 88 valence electrons. The fourth-order valence-corrected chi connectivity index (χ4v) is 3.13. The van der Waals surface area contributed by atoms with Gasteiger partial charge in [-0.15, -0.1) is 0 Å². The van der Waals surface area contributed by atoms with E-state index in [4.69, 9.17) is 4.52 Å². The highest BCUT2D eigenvalue weighted by atomic mass is 31.2. The zero-order valence-corrected chi connectivity index (χ0v) is 10.8. The molecule has 3 nitrogen and oxygen atoms in total. The van der Waals surface area contributed by atoms with Crippen molar-refractivity contribution < 1.29 is 4.52 Å². The van der Waals surface area contributed by atoms with Crippen molar-refractivity contribution in [2.24, 2.45) is 0 Å². The predicted octanol–water partition coefficient (Wildman–Crippen LogP) is 2.80. The molecule has 17 heavy (non-hydrogen) atoms. The van der Waals surface area contributed by atoms with Crippen molar-refractivity contribution in [1.29, 1.82) is 0 Å². The van der Waals surface area contributed by atoms with Crippen LogP contribution in [0.5, 0.6) is 0 Å². The number of hydrogen-bond acceptors (Lipinski definition) is 3. The number of benzene rings is 1. The second-order valence-electron chi connectivity index (χ2n) is 3.50. The Kier molecular flexibility index (Phi) is 4.08. The van der Waals surface area contributed by atoms with E-state index >= 15 is 0 Å². The Labute approximate surface area is 103 Å². The van der Waals surface area contributed by atoms with Gasteiger partial charge in [0.2, 0.25) is 0 Å². The van der Waals surface area contributed by atoms with E-state index in [0.29, 0.717) is 0 Å². The molecule has 0 aliphatic heterocycles. The third-order valence-corrected chi connectivity index (χ3v) is 4.24. The van der Waals surface area contributed by atoms with E-state index in [9.17, 15) is 0 Å². The van der Waals surface area contributed by atoms with Crippen LogP contribution < -0.4 is 9.97 Å². The fourth-order valence-electron chi connectivity index (χ4n) is 1.59. The summed E-state index contributed by atoms with van der Waals surface area (Å²) in [6, 6.07) is 16.1. The number of anilines is 1. The summed E-state index contributed by atoms with van der Waals surface area (Å²) in [4.78, 5) is 4.34.